The topological polar surface area (TPSA) is 55.1 Å². The van der Waals surface area contributed by atoms with Gasteiger partial charge >= 0.3 is 0 Å². The summed E-state index contributed by atoms with van der Waals surface area (Å²) >= 11 is 4.92. The van der Waals surface area contributed by atoms with Crippen molar-refractivity contribution < 1.29 is 4.79 Å². The van der Waals surface area contributed by atoms with Crippen LogP contribution in [0.4, 0.5) is 0 Å². The van der Waals surface area contributed by atoms with E-state index in [4.69, 9.17) is 18.0 Å². The Labute approximate surface area is 103 Å². The Kier molecular flexibility index (Phi) is 4.71. The molecule has 0 unspecified atom stereocenters. The van der Waals surface area contributed by atoms with Gasteiger partial charge in [0.2, 0.25) is 5.91 Å². The predicted octanol–water partition coefficient (Wildman–Crippen LogP) is 2.14. The lowest BCUT2D eigenvalue weighted by Crippen LogP contribution is -2.52. The van der Waals surface area contributed by atoms with Crippen LogP contribution in [0.25, 0.3) is 0 Å². The molecule has 0 aromatic heterocycles. The van der Waals surface area contributed by atoms with Gasteiger partial charge in [0.1, 0.15) is 0 Å². The fourth-order valence-electron chi connectivity index (χ4n) is 2.11. The van der Waals surface area contributed by atoms with E-state index in [2.05, 4.69) is 5.32 Å². The number of carbonyl (C=O) groups is 1. The summed E-state index contributed by atoms with van der Waals surface area (Å²) in [6.45, 7) is 3.68. The van der Waals surface area contributed by atoms with E-state index in [9.17, 15) is 4.79 Å². The average Bonchev–Trinajstić information content (AvgIpc) is 2.17. The summed E-state index contributed by atoms with van der Waals surface area (Å²) < 4.78 is 0. The SMILES string of the molecule is CC(C)(NC(=O)CC1CCCCC1)C(N)=S. The van der Waals surface area contributed by atoms with Crippen molar-refractivity contribution in [1.29, 1.82) is 0 Å². The van der Waals surface area contributed by atoms with E-state index in [1.165, 1.54) is 32.1 Å². The molecule has 0 aromatic carbocycles. The predicted molar refractivity (Wildman–Crippen MR) is 70.2 cm³/mol. The van der Waals surface area contributed by atoms with Crippen molar-refractivity contribution in [3.8, 4) is 0 Å². The molecule has 16 heavy (non-hydrogen) atoms. The number of nitrogens with one attached hydrogen (secondary N) is 1. The van der Waals surface area contributed by atoms with E-state index in [0.717, 1.165) is 0 Å². The van der Waals surface area contributed by atoms with E-state index < -0.39 is 5.54 Å². The van der Waals surface area contributed by atoms with Crippen molar-refractivity contribution in [2.75, 3.05) is 0 Å². The molecule has 1 amide bonds. The highest BCUT2D eigenvalue weighted by atomic mass is 32.1. The lowest BCUT2D eigenvalue weighted by Gasteiger charge is -2.27. The van der Waals surface area contributed by atoms with Crippen molar-refractivity contribution in [3.05, 3.63) is 0 Å². The highest BCUT2D eigenvalue weighted by molar-refractivity contribution is 7.80. The lowest BCUT2D eigenvalue weighted by atomic mass is 9.86. The Morgan fingerprint density at radius 1 is 1.38 bits per heavy atom. The molecule has 0 bridgehead atoms. The van der Waals surface area contributed by atoms with Crippen LogP contribution >= 0.6 is 12.2 Å². The zero-order chi connectivity index (χ0) is 12.2. The van der Waals surface area contributed by atoms with Crippen LogP contribution in [0.5, 0.6) is 0 Å². The van der Waals surface area contributed by atoms with Crippen LogP contribution in [-0.4, -0.2) is 16.4 Å². The van der Waals surface area contributed by atoms with Gasteiger partial charge < -0.3 is 11.1 Å². The van der Waals surface area contributed by atoms with E-state index in [1.807, 2.05) is 13.8 Å². The number of hydrogen-bond acceptors (Lipinski definition) is 2. The molecule has 3 nitrogen and oxygen atoms in total. The number of amides is 1. The summed E-state index contributed by atoms with van der Waals surface area (Å²) in [6.07, 6.45) is 6.82. The average molecular weight is 242 g/mol. The Morgan fingerprint density at radius 2 is 1.94 bits per heavy atom. The van der Waals surface area contributed by atoms with Crippen molar-refractivity contribution in [2.45, 2.75) is 57.9 Å². The molecule has 0 aliphatic heterocycles. The van der Waals surface area contributed by atoms with Crippen molar-refractivity contribution in [3.63, 3.8) is 0 Å². The van der Waals surface area contributed by atoms with Crippen molar-refractivity contribution in [2.24, 2.45) is 11.7 Å². The van der Waals surface area contributed by atoms with E-state index >= 15 is 0 Å². The standard InChI is InChI=1S/C12H22N2OS/c1-12(2,11(13)16)14-10(15)8-9-6-4-3-5-7-9/h9H,3-8H2,1-2H3,(H2,13,16)(H,14,15). The third-order valence-electron chi connectivity index (χ3n) is 3.27. The first-order chi connectivity index (χ1) is 7.42. The minimum Gasteiger partial charge on any atom is -0.391 e. The summed E-state index contributed by atoms with van der Waals surface area (Å²) in [5, 5.41) is 2.90. The summed E-state index contributed by atoms with van der Waals surface area (Å²) in [4.78, 5) is 12.1. The largest absolute Gasteiger partial charge is 0.391 e. The number of rotatable bonds is 4. The van der Waals surface area contributed by atoms with E-state index in [-0.39, 0.29) is 5.91 Å². The number of thiocarbonyl (C=S) groups is 1. The molecule has 4 heteroatoms. The van der Waals surface area contributed by atoms with Gasteiger partial charge in [-0.05, 0) is 32.6 Å². The first-order valence-electron chi connectivity index (χ1n) is 6.03. The fourth-order valence-corrected chi connectivity index (χ4v) is 2.17. The molecule has 1 saturated carbocycles. The summed E-state index contributed by atoms with van der Waals surface area (Å²) in [5.74, 6) is 0.626. The normalized spacial score (nSPS) is 18.1. The second-order valence-corrected chi connectivity index (χ2v) is 5.69. The molecule has 1 aliphatic rings. The van der Waals surface area contributed by atoms with Gasteiger partial charge in [0.25, 0.3) is 0 Å². The summed E-state index contributed by atoms with van der Waals surface area (Å²) in [6, 6.07) is 0. The zero-order valence-electron chi connectivity index (χ0n) is 10.2. The van der Waals surface area contributed by atoms with Gasteiger partial charge in [0.15, 0.2) is 0 Å². The minimum absolute atomic E-state index is 0.0738. The van der Waals surface area contributed by atoms with Gasteiger partial charge in [-0.25, -0.2) is 0 Å². The molecule has 0 atom stereocenters. The van der Waals surface area contributed by atoms with Crippen molar-refractivity contribution >= 4 is 23.1 Å². The van der Waals surface area contributed by atoms with Crippen LogP contribution in [0.3, 0.4) is 0 Å². The van der Waals surface area contributed by atoms with Gasteiger partial charge in [0, 0.05) is 6.42 Å². The molecular weight excluding hydrogens is 220 g/mol. The second-order valence-electron chi connectivity index (χ2n) is 5.25. The fraction of sp³-hybridized carbons (Fsp3) is 0.833. The second kappa shape index (κ2) is 5.62. The Morgan fingerprint density at radius 3 is 2.44 bits per heavy atom. The molecule has 1 fully saturated rings. The highest BCUT2D eigenvalue weighted by Crippen LogP contribution is 2.26. The van der Waals surface area contributed by atoms with Gasteiger partial charge in [-0.1, -0.05) is 31.5 Å². The monoisotopic (exact) mass is 242 g/mol. The smallest absolute Gasteiger partial charge is 0.221 e. The number of carbonyl (C=O) groups excluding carboxylic acids is 1. The third-order valence-corrected chi connectivity index (χ3v) is 3.78. The molecule has 0 spiro atoms. The van der Waals surface area contributed by atoms with Crippen LogP contribution in [0.1, 0.15) is 52.4 Å². The van der Waals surface area contributed by atoms with Gasteiger partial charge in [-0.15, -0.1) is 0 Å². The molecular formula is C12H22N2OS. The maximum absolute atomic E-state index is 11.8. The van der Waals surface area contributed by atoms with Crippen LogP contribution in [0, 0.1) is 5.92 Å². The van der Waals surface area contributed by atoms with Gasteiger partial charge in [-0.3, -0.25) is 4.79 Å². The molecule has 0 aromatic rings. The molecule has 92 valence electrons. The molecule has 0 heterocycles. The maximum Gasteiger partial charge on any atom is 0.221 e. The van der Waals surface area contributed by atoms with Gasteiger partial charge in [0.05, 0.1) is 10.5 Å². The van der Waals surface area contributed by atoms with Crippen LogP contribution in [0.15, 0.2) is 0 Å². The summed E-state index contributed by atoms with van der Waals surface area (Å²) in [7, 11) is 0. The third kappa shape index (κ3) is 4.08. The van der Waals surface area contributed by atoms with Crippen LogP contribution < -0.4 is 11.1 Å². The first kappa shape index (κ1) is 13.4. The number of nitrogens with two attached hydrogens (primary N) is 1. The molecule has 3 N–H and O–H groups in total. The Balaban J connectivity index is 2.37. The van der Waals surface area contributed by atoms with Gasteiger partial charge in [-0.2, -0.15) is 0 Å². The Hall–Kier alpha value is -0.640. The quantitative estimate of drug-likeness (QED) is 0.743. The Bertz CT molecular complexity index is 270. The molecule has 0 saturated heterocycles. The van der Waals surface area contributed by atoms with E-state index in [1.54, 1.807) is 0 Å². The minimum atomic E-state index is -0.568. The van der Waals surface area contributed by atoms with Crippen LogP contribution in [0.2, 0.25) is 0 Å². The summed E-state index contributed by atoms with van der Waals surface area (Å²) in [5.41, 5.74) is 5.00. The first-order valence-corrected chi connectivity index (χ1v) is 6.43. The molecule has 1 aliphatic carbocycles. The lowest BCUT2D eigenvalue weighted by molar-refractivity contribution is -0.123. The maximum atomic E-state index is 11.8. The zero-order valence-corrected chi connectivity index (χ0v) is 11.0. The molecule has 1 rings (SSSR count). The van der Waals surface area contributed by atoms with Crippen LogP contribution in [-0.2, 0) is 4.79 Å². The van der Waals surface area contributed by atoms with Crippen molar-refractivity contribution in [1.82, 2.24) is 5.32 Å². The van der Waals surface area contributed by atoms with E-state index in [0.29, 0.717) is 17.3 Å². The molecule has 0 radical (unpaired) electrons. The highest BCUT2D eigenvalue weighted by Gasteiger charge is 2.25. The number of hydrogen-bond donors (Lipinski definition) is 2.